The molecule has 1 aromatic heterocycles. The molecule has 0 bridgehead atoms. The number of halogens is 2. The van der Waals surface area contributed by atoms with E-state index in [1.165, 1.54) is 17.7 Å². The van der Waals surface area contributed by atoms with Crippen LogP contribution >= 0.6 is 0 Å². The van der Waals surface area contributed by atoms with Gasteiger partial charge in [0.2, 0.25) is 0 Å². The summed E-state index contributed by atoms with van der Waals surface area (Å²) in [5.74, 6) is -1.75. The van der Waals surface area contributed by atoms with E-state index in [0.29, 0.717) is 17.7 Å². The Labute approximate surface area is 228 Å². The highest BCUT2D eigenvalue weighted by molar-refractivity contribution is 5.98. The van der Waals surface area contributed by atoms with Crippen molar-refractivity contribution in [3.05, 3.63) is 107 Å². The second-order valence-electron chi connectivity index (χ2n) is 10.1. The number of hydrogen-bond acceptors (Lipinski definition) is 3. The van der Waals surface area contributed by atoms with Gasteiger partial charge in [-0.2, -0.15) is 0 Å². The molecule has 0 fully saturated rings. The SMILES string of the molecule is CCCCn1ccc2ccc(C(=O)N[C@@H](Cc3cc(F)cc(F)c3)[C@H](O)CNCc3cccc(CC)c3)cc21. The maximum absolute atomic E-state index is 13.9. The first-order chi connectivity index (χ1) is 18.9. The van der Waals surface area contributed by atoms with Crippen LogP contribution in [0.2, 0.25) is 0 Å². The topological polar surface area (TPSA) is 66.3 Å². The molecular formula is C32H37F2N3O2. The number of aromatic nitrogens is 1. The molecule has 5 nitrogen and oxygen atoms in total. The lowest BCUT2D eigenvalue weighted by molar-refractivity contribution is 0.0830. The van der Waals surface area contributed by atoms with Crippen molar-refractivity contribution < 1.29 is 18.7 Å². The van der Waals surface area contributed by atoms with Gasteiger partial charge in [0.05, 0.1) is 12.1 Å². The quantitative estimate of drug-likeness (QED) is 0.204. The van der Waals surface area contributed by atoms with Crippen LogP contribution in [0, 0.1) is 11.6 Å². The van der Waals surface area contributed by atoms with Crippen LogP contribution in [0.25, 0.3) is 10.9 Å². The number of rotatable bonds is 13. The maximum Gasteiger partial charge on any atom is 0.251 e. The Hall–Kier alpha value is -3.55. The zero-order valence-corrected chi connectivity index (χ0v) is 22.6. The Kier molecular flexibility index (Phi) is 9.85. The fourth-order valence-corrected chi connectivity index (χ4v) is 4.83. The van der Waals surface area contributed by atoms with E-state index in [4.69, 9.17) is 0 Å². The monoisotopic (exact) mass is 533 g/mol. The van der Waals surface area contributed by atoms with Crippen molar-refractivity contribution in [3.63, 3.8) is 0 Å². The Bertz CT molecular complexity index is 1380. The molecule has 0 aliphatic rings. The summed E-state index contributed by atoms with van der Waals surface area (Å²) >= 11 is 0. The number of fused-ring (bicyclic) bond motifs is 1. The van der Waals surface area contributed by atoms with E-state index < -0.39 is 23.8 Å². The number of carbonyl (C=O) groups excluding carboxylic acids is 1. The smallest absolute Gasteiger partial charge is 0.251 e. The lowest BCUT2D eigenvalue weighted by Crippen LogP contribution is -2.48. The molecule has 1 amide bonds. The van der Waals surface area contributed by atoms with Crippen molar-refractivity contribution in [3.8, 4) is 0 Å². The number of nitrogens with one attached hydrogen (secondary N) is 2. The number of aryl methyl sites for hydroxylation is 2. The summed E-state index contributed by atoms with van der Waals surface area (Å²) in [4.78, 5) is 13.3. The standard InChI is InChI=1S/C32H37F2N3O2/c1-3-5-12-37-13-11-25-9-10-26(18-30(25)37)32(39)36-29(17-24-15-27(33)19-28(34)16-24)31(38)21-35-20-23-8-6-7-22(4-2)14-23/h6-11,13-16,18-19,29,31,35,38H,3-5,12,17,20-21H2,1-2H3,(H,36,39)/t29-,31+/m0/s1. The second-order valence-corrected chi connectivity index (χ2v) is 10.1. The molecule has 0 aliphatic heterocycles. The molecule has 2 atom stereocenters. The summed E-state index contributed by atoms with van der Waals surface area (Å²) in [6, 6.07) is 18.2. The number of aliphatic hydroxyl groups is 1. The van der Waals surface area contributed by atoms with Crippen molar-refractivity contribution >= 4 is 16.8 Å². The van der Waals surface area contributed by atoms with Crippen molar-refractivity contribution in [1.29, 1.82) is 0 Å². The van der Waals surface area contributed by atoms with Crippen LogP contribution in [-0.4, -0.2) is 34.3 Å². The van der Waals surface area contributed by atoms with E-state index in [2.05, 4.69) is 41.2 Å². The first kappa shape index (κ1) is 28.5. The fourth-order valence-electron chi connectivity index (χ4n) is 4.83. The summed E-state index contributed by atoms with van der Waals surface area (Å²) < 4.78 is 29.9. The molecule has 39 heavy (non-hydrogen) atoms. The van der Waals surface area contributed by atoms with Crippen LogP contribution in [-0.2, 0) is 25.9 Å². The summed E-state index contributed by atoms with van der Waals surface area (Å²) in [7, 11) is 0. The van der Waals surface area contributed by atoms with Gasteiger partial charge < -0.3 is 20.3 Å². The predicted molar refractivity (Wildman–Crippen MR) is 152 cm³/mol. The van der Waals surface area contributed by atoms with Crippen molar-refractivity contribution in [1.82, 2.24) is 15.2 Å². The lowest BCUT2D eigenvalue weighted by Gasteiger charge is -2.25. The van der Waals surface area contributed by atoms with E-state index in [-0.39, 0.29) is 18.9 Å². The lowest BCUT2D eigenvalue weighted by atomic mass is 10.00. The Morgan fingerprint density at radius 3 is 2.46 bits per heavy atom. The minimum absolute atomic E-state index is 0.0731. The normalized spacial score (nSPS) is 12.9. The molecule has 0 unspecified atom stereocenters. The zero-order chi connectivity index (χ0) is 27.8. The highest BCUT2D eigenvalue weighted by Crippen LogP contribution is 2.19. The van der Waals surface area contributed by atoms with Gasteiger partial charge in [-0.15, -0.1) is 0 Å². The Morgan fingerprint density at radius 2 is 1.72 bits per heavy atom. The second kappa shape index (κ2) is 13.5. The van der Waals surface area contributed by atoms with Gasteiger partial charge in [0.15, 0.2) is 0 Å². The third-order valence-corrected chi connectivity index (χ3v) is 7.03. The van der Waals surface area contributed by atoms with Crippen LogP contribution in [0.1, 0.15) is 53.7 Å². The molecule has 7 heteroatoms. The molecule has 0 saturated carbocycles. The van der Waals surface area contributed by atoms with E-state index in [0.717, 1.165) is 48.3 Å². The molecule has 0 radical (unpaired) electrons. The highest BCUT2D eigenvalue weighted by Gasteiger charge is 2.23. The molecule has 206 valence electrons. The van der Waals surface area contributed by atoms with Crippen LogP contribution in [0.15, 0.2) is 72.9 Å². The molecular weight excluding hydrogens is 496 g/mol. The Balaban J connectivity index is 1.50. The van der Waals surface area contributed by atoms with E-state index in [1.807, 2.05) is 36.5 Å². The van der Waals surface area contributed by atoms with E-state index >= 15 is 0 Å². The van der Waals surface area contributed by atoms with Gasteiger partial charge in [-0.1, -0.05) is 50.6 Å². The van der Waals surface area contributed by atoms with Gasteiger partial charge in [0.1, 0.15) is 11.6 Å². The molecule has 0 aliphatic carbocycles. The average molecular weight is 534 g/mol. The minimum atomic E-state index is -0.994. The van der Waals surface area contributed by atoms with E-state index in [1.54, 1.807) is 6.07 Å². The Morgan fingerprint density at radius 1 is 0.949 bits per heavy atom. The van der Waals surface area contributed by atoms with Crippen LogP contribution in [0.3, 0.4) is 0 Å². The maximum atomic E-state index is 13.9. The first-order valence-electron chi connectivity index (χ1n) is 13.7. The van der Waals surface area contributed by atoms with Gasteiger partial charge in [0, 0.05) is 43.0 Å². The fraction of sp³-hybridized carbons (Fsp3) is 0.344. The third kappa shape index (κ3) is 7.74. The van der Waals surface area contributed by atoms with Gasteiger partial charge in [-0.3, -0.25) is 4.79 Å². The largest absolute Gasteiger partial charge is 0.390 e. The molecule has 0 spiro atoms. The zero-order valence-electron chi connectivity index (χ0n) is 22.6. The van der Waals surface area contributed by atoms with Gasteiger partial charge in [0.25, 0.3) is 5.91 Å². The summed E-state index contributed by atoms with van der Waals surface area (Å²) in [6.07, 6.45) is 4.14. The average Bonchev–Trinajstić information content (AvgIpc) is 3.33. The minimum Gasteiger partial charge on any atom is -0.390 e. The number of nitrogens with zero attached hydrogens (tertiary/aromatic N) is 1. The number of carbonyl (C=O) groups is 1. The third-order valence-electron chi connectivity index (χ3n) is 7.03. The van der Waals surface area contributed by atoms with Gasteiger partial charge in [-0.25, -0.2) is 8.78 Å². The molecule has 4 aromatic rings. The van der Waals surface area contributed by atoms with E-state index in [9.17, 15) is 18.7 Å². The van der Waals surface area contributed by atoms with Crippen molar-refractivity contribution in [2.24, 2.45) is 0 Å². The van der Waals surface area contributed by atoms with Crippen LogP contribution < -0.4 is 10.6 Å². The van der Waals surface area contributed by atoms with Crippen molar-refractivity contribution in [2.75, 3.05) is 6.54 Å². The number of aliphatic hydroxyl groups excluding tert-OH is 1. The molecule has 3 aromatic carbocycles. The summed E-state index contributed by atoms with van der Waals surface area (Å²) in [5.41, 5.74) is 4.11. The molecule has 4 rings (SSSR count). The number of hydrogen-bond donors (Lipinski definition) is 3. The highest BCUT2D eigenvalue weighted by atomic mass is 19.1. The van der Waals surface area contributed by atoms with Crippen molar-refractivity contribution in [2.45, 2.75) is 64.8 Å². The summed E-state index contributed by atoms with van der Waals surface area (Å²) in [5, 5.41) is 18.3. The van der Waals surface area contributed by atoms with Gasteiger partial charge in [-0.05, 0) is 71.7 Å². The number of benzene rings is 3. The number of unbranched alkanes of at least 4 members (excludes halogenated alkanes) is 1. The van der Waals surface area contributed by atoms with Crippen LogP contribution in [0.5, 0.6) is 0 Å². The predicted octanol–water partition coefficient (Wildman–Crippen LogP) is 5.77. The first-order valence-corrected chi connectivity index (χ1v) is 13.7. The molecule has 1 heterocycles. The molecule has 3 N–H and O–H groups in total. The van der Waals surface area contributed by atoms with Crippen LogP contribution in [0.4, 0.5) is 8.78 Å². The van der Waals surface area contributed by atoms with Gasteiger partial charge >= 0.3 is 0 Å². The summed E-state index contributed by atoms with van der Waals surface area (Å²) in [6.45, 7) is 5.84. The number of amides is 1. The molecule has 0 saturated heterocycles.